The van der Waals surface area contributed by atoms with Gasteiger partial charge in [0.2, 0.25) is 6.29 Å². The van der Waals surface area contributed by atoms with Gasteiger partial charge < -0.3 is 34.6 Å². The van der Waals surface area contributed by atoms with Crippen molar-refractivity contribution in [3.05, 3.63) is 60.2 Å². The monoisotopic (exact) mass is 362 g/mol. The predicted octanol–water partition coefficient (Wildman–Crippen LogP) is 0.444. The van der Waals surface area contributed by atoms with Crippen molar-refractivity contribution in [1.29, 1.82) is 0 Å². The summed E-state index contributed by atoms with van der Waals surface area (Å²) in [7, 11) is 0. The lowest BCUT2D eigenvalue weighted by atomic mass is 9.99. The van der Waals surface area contributed by atoms with Crippen molar-refractivity contribution in [2.75, 3.05) is 6.61 Å². The Bertz CT molecular complexity index is 691. The van der Waals surface area contributed by atoms with E-state index in [1.807, 2.05) is 30.3 Å². The smallest absolute Gasteiger partial charge is 0.229 e. The number of para-hydroxylation sites is 2. The minimum atomic E-state index is -1.50. The van der Waals surface area contributed by atoms with Crippen LogP contribution in [0.2, 0.25) is 0 Å². The zero-order valence-corrected chi connectivity index (χ0v) is 14.0. The summed E-state index contributed by atoms with van der Waals surface area (Å²) in [5, 5.41) is 39.1. The number of hydrogen-bond donors (Lipinski definition) is 4. The number of benzene rings is 2. The first-order valence-corrected chi connectivity index (χ1v) is 8.33. The van der Waals surface area contributed by atoms with Crippen molar-refractivity contribution in [2.45, 2.75) is 37.3 Å². The Morgan fingerprint density at radius 1 is 0.808 bits per heavy atom. The van der Waals surface area contributed by atoms with Crippen LogP contribution in [0.15, 0.2) is 54.6 Å². The normalized spacial score (nSPS) is 28.5. The maximum Gasteiger partial charge on any atom is 0.229 e. The van der Waals surface area contributed by atoms with E-state index in [1.165, 1.54) is 0 Å². The molecular weight excluding hydrogens is 340 g/mol. The second-order valence-corrected chi connectivity index (χ2v) is 6.04. The molecule has 3 rings (SSSR count). The van der Waals surface area contributed by atoms with Gasteiger partial charge >= 0.3 is 0 Å². The van der Waals surface area contributed by atoms with E-state index < -0.39 is 37.3 Å². The topological polar surface area (TPSA) is 109 Å². The van der Waals surface area contributed by atoms with Crippen LogP contribution in [0, 0.1) is 0 Å². The number of aliphatic hydroxyl groups is 4. The van der Waals surface area contributed by atoms with Crippen LogP contribution in [0.3, 0.4) is 0 Å². The highest BCUT2D eigenvalue weighted by Crippen LogP contribution is 2.31. The predicted molar refractivity (Wildman–Crippen MR) is 91.6 cm³/mol. The molecule has 0 aromatic heterocycles. The summed E-state index contributed by atoms with van der Waals surface area (Å²) in [4.78, 5) is 0. The molecule has 1 heterocycles. The summed E-state index contributed by atoms with van der Waals surface area (Å²) < 4.78 is 16.8. The Kier molecular flexibility index (Phi) is 6.08. The van der Waals surface area contributed by atoms with Gasteiger partial charge in [0, 0.05) is 0 Å². The molecule has 0 bridgehead atoms. The maximum absolute atomic E-state index is 10.1. The fourth-order valence-corrected chi connectivity index (χ4v) is 2.69. The summed E-state index contributed by atoms with van der Waals surface area (Å²) in [5.74, 6) is 0.751. The molecule has 0 aliphatic carbocycles. The van der Waals surface area contributed by atoms with Gasteiger partial charge in [0.1, 0.15) is 31.0 Å². The van der Waals surface area contributed by atoms with Crippen molar-refractivity contribution in [3.8, 4) is 11.5 Å². The molecule has 1 aliphatic rings. The number of ether oxygens (including phenoxy) is 3. The first-order chi connectivity index (χ1) is 12.6. The molecular formula is C19H22O7. The van der Waals surface area contributed by atoms with E-state index in [1.54, 1.807) is 24.3 Å². The molecule has 7 heteroatoms. The van der Waals surface area contributed by atoms with Gasteiger partial charge in [-0.1, -0.05) is 42.5 Å². The van der Waals surface area contributed by atoms with E-state index in [9.17, 15) is 20.4 Å². The highest BCUT2D eigenvalue weighted by molar-refractivity contribution is 5.39. The molecule has 0 unspecified atom stereocenters. The van der Waals surface area contributed by atoms with Gasteiger partial charge in [0.25, 0.3) is 0 Å². The standard InChI is InChI=1S/C19H22O7/c20-10-15-16(21)17(22)18(23)19(26-15)25-14-9-5-4-8-13(14)24-11-12-6-2-1-3-7-12/h1-9,15-23H,10-11H2/t15-,16-,17+,18-,19-/m1/s1. The molecule has 5 atom stereocenters. The van der Waals surface area contributed by atoms with E-state index in [0.29, 0.717) is 18.1 Å². The van der Waals surface area contributed by atoms with Gasteiger partial charge in [-0.2, -0.15) is 0 Å². The number of aliphatic hydroxyl groups excluding tert-OH is 4. The molecule has 26 heavy (non-hydrogen) atoms. The highest BCUT2D eigenvalue weighted by atomic mass is 16.7. The maximum atomic E-state index is 10.1. The van der Waals surface area contributed by atoms with Gasteiger partial charge in [0.05, 0.1) is 6.61 Å². The average molecular weight is 362 g/mol. The largest absolute Gasteiger partial charge is 0.485 e. The zero-order valence-electron chi connectivity index (χ0n) is 14.0. The van der Waals surface area contributed by atoms with Crippen molar-refractivity contribution >= 4 is 0 Å². The second-order valence-electron chi connectivity index (χ2n) is 6.04. The average Bonchev–Trinajstić information content (AvgIpc) is 2.68. The Hall–Kier alpha value is -2.16. The highest BCUT2D eigenvalue weighted by Gasteiger charge is 2.44. The van der Waals surface area contributed by atoms with Crippen molar-refractivity contribution in [3.63, 3.8) is 0 Å². The third-order valence-electron chi connectivity index (χ3n) is 4.18. The van der Waals surface area contributed by atoms with Crippen LogP contribution in [0.25, 0.3) is 0 Å². The summed E-state index contributed by atoms with van der Waals surface area (Å²) in [6, 6.07) is 16.5. The lowest BCUT2D eigenvalue weighted by molar-refractivity contribution is -0.277. The molecule has 0 amide bonds. The summed E-state index contributed by atoms with van der Waals surface area (Å²) in [5.41, 5.74) is 0.982. The first kappa shape index (κ1) is 18.6. The van der Waals surface area contributed by atoms with Crippen LogP contribution < -0.4 is 9.47 Å². The zero-order chi connectivity index (χ0) is 18.5. The Morgan fingerprint density at radius 2 is 1.46 bits per heavy atom. The minimum Gasteiger partial charge on any atom is -0.485 e. The third-order valence-corrected chi connectivity index (χ3v) is 4.18. The van der Waals surface area contributed by atoms with Gasteiger partial charge in [0.15, 0.2) is 11.5 Å². The second kappa shape index (κ2) is 8.48. The molecule has 0 radical (unpaired) electrons. The molecule has 2 aromatic carbocycles. The summed E-state index contributed by atoms with van der Waals surface area (Å²) in [6.07, 6.45) is -6.69. The van der Waals surface area contributed by atoms with Gasteiger partial charge in [-0.3, -0.25) is 0 Å². The van der Waals surface area contributed by atoms with Crippen LogP contribution in [0.4, 0.5) is 0 Å². The number of hydrogen-bond acceptors (Lipinski definition) is 7. The lowest BCUT2D eigenvalue weighted by Crippen LogP contribution is -2.60. The third kappa shape index (κ3) is 4.14. The first-order valence-electron chi connectivity index (χ1n) is 8.33. The van der Waals surface area contributed by atoms with E-state index in [4.69, 9.17) is 14.2 Å². The van der Waals surface area contributed by atoms with Crippen LogP contribution >= 0.6 is 0 Å². The van der Waals surface area contributed by atoms with Crippen molar-refractivity contribution in [2.24, 2.45) is 0 Å². The van der Waals surface area contributed by atoms with Crippen LogP contribution in [0.5, 0.6) is 11.5 Å². The fourth-order valence-electron chi connectivity index (χ4n) is 2.69. The van der Waals surface area contributed by atoms with E-state index in [-0.39, 0.29) is 0 Å². The molecule has 4 N–H and O–H groups in total. The van der Waals surface area contributed by atoms with E-state index in [2.05, 4.69) is 0 Å². The number of rotatable bonds is 6. The van der Waals surface area contributed by atoms with E-state index >= 15 is 0 Å². The Labute approximate surface area is 151 Å². The Morgan fingerprint density at radius 3 is 2.15 bits per heavy atom. The van der Waals surface area contributed by atoms with Gasteiger partial charge in [-0.15, -0.1) is 0 Å². The molecule has 1 aliphatic heterocycles. The van der Waals surface area contributed by atoms with Crippen LogP contribution in [-0.4, -0.2) is 57.7 Å². The minimum absolute atomic E-state index is 0.313. The summed E-state index contributed by atoms with van der Waals surface area (Å²) >= 11 is 0. The molecule has 0 saturated carbocycles. The lowest BCUT2D eigenvalue weighted by Gasteiger charge is -2.39. The van der Waals surface area contributed by atoms with Crippen LogP contribution in [-0.2, 0) is 11.3 Å². The van der Waals surface area contributed by atoms with E-state index in [0.717, 1.165) is 5.56 Å². The molecule has 1 saturated heterocycles. The molecule has 1 fully saturated rings. The molecule has 140 valence electrons. The van der Waals surface area contributed by atoms with Crippen molar-refractivity contribution in [1.82, 2.24) is 0 Å². The summed E-state index contributed by atoms with van der Waals surface area (Å²) in [6.45, 7) is -0.188. The fraction of sp³-hybridized carbons (Fsp3) is 0.368. The molecule has 7 nitrogen and oxygen atoms in total. The molecule has 0 spiro atoms. The van der Waals surface area contributed by atoms with Gasteiger partial charge in [-0.05, 0) is 17.7 Å². The SMILES string of the molecule is OC[C@H]1O[C@@H](Oc2ccccc2OCc2ccccc2)[C@H](O)[C@@H](O)[C@@H]1O. The van der Waals surface area contributed by atoms with Crippen molar-refractivity contribution < 1.29 is 34.6 Å². The van der Waals surface area contributed by atoms with Gasteiger partial charge in [-0.25, -0.2) is 0 Å². The van der Waals surface area contributed by atoms with Crippen LogP contribution in [0.1, 0.15) is 5.56 Å². The molecule has 2 aromatic rings. The quantitative estimate of drug-likeness (QED) is 0.591. The Balaban J connectivity index is 1.71.